The third kappa shape index (κ3) is 4.58. The van der Waals surface area contributed by atoms with E-state index in [4.69, 9.17) is 0 Å². The molecule has 0 saturated heterocycles. The lowest BCUT2D eigenvalue weighted by atomic mass is 9.94. The van der Waals surface area contributed by atoms with Crippen LogP contribution in [0.25, 0.3) is 0 Å². The number of esters is 1. The second-order valence-corrected chi connectivity index (χ2v) is 3.62. The number of methoxy groups -OCH3 is 1. The average molecular weight is 208 g/mol. The summed E-state index contributed by atoms with van der Waals surface area (Å²) in [7, 11) is 1.28. The predicted octanol–water partition coefficient (Wildman–Crippen LogP) is 2.03. The fraction of sp³-hybridized carbons (Fsp3) is 0.500. The van der Waals surface area contributed by atoms with E-state index in [-0.39, 0.29) is 12.2 Å². The van der Waals surface area contributed by atoms with Crippen LogP contribution in [0.15, 0.2) is 24.3 Å². The molecule has 1 aliphatic rings. The van der Waals surface area contributed by atoms with Crippen molar-refractivity contribution in [3.63, 3.8) is 0 Å². The lowest BCUT2D eigenvalue weighted by Crippen LogP contribution is -2.07. The molecule has 15 heavy (non-hydrogen) atoms. The molecule has 0 radical (unpaired) electrons. The Morgan fingerprint density at radius 3 is 2.87 bits per heavy atom. The van der Waals surface area contributed by atoms with Crippen LogP contribution in [-0.4, -0.2) is 18.9 Å². The number of ketones is 1. The van der Waals surface area contributed by atoms with Gasteiger partial charge in [-0.15, -0.1) is 0 Å². The van der Waals surface area contributed by atoms with Crippen molar-refractivity contribution >= 4 is 11.8 Å². The first-order valence-corrected chi connectivity index (χ1v) is 5.15. The van der Waals surface area contributed by atoms with Crippen molar-refractivity contribution in [2.75, 3.05) is 7.11 Å². The Kier molecular flexibility index (Phi) is 4.81. The molecule has 0 aromatic carbocycles. The maximum absolute atomic E-state index is 11.2. The largest absolute Gasteiger partial charge is 0.469 e. The molecule has 1 aliphatic carbocycles. The van der Waals surface area contributed by atoms with Crippen molar-refractivity contribution in [3.8, 4) is 0 Å². The van der Waals surface area contributed by atoms with Crippen LogP contribution in [0.2, 0.25) is 0 Å². The molecule has 3 heteroatoms. The average Bonchev–Trinajstić information content (AvgIpc) is 2.27. The second-order valence-electron chi connectivity index (χ2n) is 3.62. The summed E-state index contributed by atoms with van der Waals surface area (Å²) in [5, 5.41) is 0. The first kappa shape index (κ1) is 11.7. The molecule has 0 heterocycles. The van der Waals surface area contributed by atoms with Crippen molar-refractivity contribution < 1.29 is 14.3 Å². The van der Waals surface area contributed by atoms with E-state index >= 15 is 0 Å². The fourth-order valence-electron chi connectivity index (χ4n) is 1.51. The summed E-state index contributed by atoms with van der Waals surface area (Å²) in [6, 6.07) is 0. The standard InChI is InChI=1S/C12H16O3/c1-15-12(14)9-11(13)8-7-10-5-3-2-4-6-10/h2-3,7-8,10H,4-6,9H2,1H3. The van der Waals surface area contributed by atoms with E-state index in [1.807, 2.05) is 6.08 Å². The molecule has 1 unspecified atom stereocenters. The molecule has 0 N–H and O–H groups in total. The maximum Gasteiger partial charge on any atom is 0.313 e. The van der Waals surface area contributed by atoms with Gasteiger partial charge in [0.1, 0.15) is 6.42 Å². The summed E-state index contributed by atoms with van der Waals surface area (Å²) in [5.74, 6) is -0.221. The zero-order chi connectivity index (χ0) is 11.1. The Balaban J connectivity index is 2.33. The molecule has 0 bridgehead atoms. The van der Waals surface area contributed by atoms with Crippen LogP contribution in [0.1, 0.15) is 25.7 Å². The fourth-order valence-corrected chi connectivity index (χ4v) is 1.51. The molecule has 0 aromatic heterocycles. The molecular weight excluding hydrogens is 192 g/mol. The van der Waals surface area contributed by atoms with Gasteiger partial charge < -0.3 is 4.74 Å². The summed E-state index contributed by atoms with van der Waals surface area (Å²) in [5.41, 5.74) is 0. The van der Waals surface area contributed by atoms with Gasteiger partial charge in [-0.25, -0.2) is 0 Å². The van der Waals surface area contributed by atoms with Crippen LogP contribution in [0, 0.1) is 5.92 Å². The highest BCUT2D eigenvalue weighted by Gasteiger charge is 2.09. The summed E-state index contributed by atoms with van der Waals surface area (Å²) in [4.78, 5) is 22.0. The minimum atomic E-state index is -0.479. The van der Waals surface area contributed by atoms with Gasteiger partial charge in [-0.2, -0.15) is 0 Å². The van der Waals surface area contributed by atoms with E-state index in [1.165, 1.54) is 13.2 Å². The molecule has 0 aromatic rings. The lowest BCUT2D eigenvalue weighted by Gasteiger charge is -2.12. The van der Waals surface area contributed by atoms with E-state index in [1.54, 1.807) is 0 Å². The van der Waals surface area contributed by atoms with Gasteiger partial charge in [0.2, 0.25) is 0 Å². The molecule has 1 rings (SSSR count). The topological polar surface area (TPSA) is 43.4 Å². The van der Waals surface area contributed by atoms with Gasteiger partial charge in [0, 0.05) is 0 Å². The molecule has 0 fully saturated rings. The number of rotatable bonds is 4. The first-order valence-electron chi connectivity index (χ1n) is 5.15. The Morgan fingerprint density at radius 2 is 2.27 bits per heavy atom. The minimum absolute atomic E-state index is 0.157. The molecule has 0 aliphatic heterocycles. The monoisotopic (exact) mass is 208 g/mol. The zero-order valence-corrected chi connectivity index (χ0v) is 8.94. The van der Waals surface area contributed by atoms with E-state index in [0.717, 1.165) is 19.3 Å². The van der Waals surface area contributed by atoms with Crippen LogP contribution < -0.4 is 0 Å². The van der Waals surface area contributed by atoms with E-state index in [2.05, 4.69) is 16.9 Å². The Morgan fingerprint density at radius 1 is 1.47 bits per heavy atom. The normalized spacial score (nSPS) is 20.5. The number of hydrogen-bond acceptors (Lipinski definition) is 3. The molecule has 0 saturated carbocycles. The summed E-state index contributed by atoms with van der Waals surface area (Å²) in [6.45, 7) is 0. The third-order valence-corrected chi connectivity index (χ3v) is 2.41. The van der Waals surface area contributed by atoms with Crippen molar-refractivity contribution in [3.05, 3.63) is 24.3 Å². The molecule has 82 valence electrons. The summed E-state index contributed by atoms with van der Waals surface area (Å²) >= 11 is 0. The molecule has 3 nitrogen and oxygen atoms in total. The van der Waals surface area contributed by atoms with Crippen molar-refractivity contribution in [2.24, 2.45) is 5.92 Å². The first-order chi connectivity index (χ1) is 7.22. The highest BCUT2D eigenvalue weighted by atomic mass is 16.5. The maximum atomic E-state index is 11.2. The lowest BCUT2D eigenvalue weighted by molar-refractivity contribution is -0.142. The van der Waals surface area contributed by atoms with Gasteiger partial charge in [-0.3, -0.25) is 9.59 Å². The van der Waals surface area contributed by atoms with Crippen molar-refractivity contribution in [1.82, 2.24) is 0 Å². The highest BCUT2D eigenvalue weighted by Crippen LogP contribution is 2.19. The van der Waals surface area contributed by atoms with Crippen LogP contribution >= 0.6 is 0 Å². The minimum Gasteiger partial charge on any atom is -0.469 e. The quantitative estimate of drug-likeness (QED) is 0.307. The number of carbonyl (C=O) groups excluding carboxylic acids is 2. The van der Waals surface area contributed by atoms with E-state index in [0.29, 0.717) is 5.92 Å². The molecular formula is C12H16O3. The zero-order valence-electron chi connectivity index (χ0n) is 8.94. The second kappa shape index (κ2) is 6.17. The number of hydrogen-bond donors (Lipinski definition) is 0. The van der Waals surface area contributed by atoms with Crippen LogP contribution in [0.5, 0.6) is 0 Å². The van der Waals surface area contributed by atoms with Gasteiger partial charge in [0.15, 0.2) is 5.78 Å². The van der Waals surface area contributed by atoms with Crippen molar-refractivity contribution in [2.45, 2.75) is 25.7 Å². The Labute approximate surface area is 89.8 Å². The van der Waals surface area contributed by atoms with Gasteiger partial charge >= 0.3 is 5.97 Å². The van der Waals surface area contributed by atoms with Gasteiger partial charge in [-0.05, 0) is 31.3 Å². The SMILES string of the molecule is COC(=O)CC(=O)C=CC1CC=CCC1. The Hall–Kier alpha value is -1.38. The van der Waals surface area contributed by atoms with Gasteiger partial charge in [0.25, 0.3) is 0 Å². The van der Waals surface area contributed by atoms with Gasteiger partial charge in [0.05, 0.1) is 7.11 Å². The van der Waals surface area contributed by atoms with E-state index in [9.17, 15) is 9.59 Å². The molecule has 1 atom stereocenters. The smallest absolute Gasteiger partial charge is 0.313 e. The number of carbonyl (C=O) groups is 2. The predicted molar refractivity (Wildman–Crippen MR) is 57.3 cm³/mol. The summed E-state index contributed by atoms with van der Waals surface area (Å²) < 4.78 is 4.41. The van der Waals surface area contributed by atoms with Crippen LogP contribution in [0.4, 0.5) is 0 Å². The van der Waals surface area contributed by atoms with Gasteiger partial charge in [-0.1, -0.05) is 18.2 Å². The molecule has 0 spiro atoms. The number of allylic oxidation sites excluding steroid dienone is 4. The summed E-state index contributed by atoms with van der Waals surface area (Å²) in [6.07, 6.45) is 10.7. The highest BCUT2D eigenvalue weighted by molar-refractivity contribution is 6.01. The Bertz CT molecular complexity index is 289. The van der Waals surface area contributed by atoms with Crippen molar-refractivity contribution in [1.29, 1.82) is 0 Å². The van der Waals surface area contributed by atoms with Crippen LogP contribution in [-0.2, 0) is 14.3 Å². The molecule has 0 amide bonds. The number of ether oxygens (including phenoxy) is 1. The van der Waals surface area contributed by atoms with Crippen LogP contribution in [0.3, 0.4) is 0 Å². The third-order valence-electron chi connectivity index (χ3n) is 2.41. The van der Waals surface area contributed by atoms with E-state index < -0.39 is 5.97 Å².